The Bertz CT molecular complexity index is 362. The second-order valence-corrected chi connectivity index (χ2v) is 6.85. The SMILES string of the molecule is COCCNCC(=O)N(C)C(C)C(C)S(C)(=O)=O.Cl. The molecule has 0 aromatic carbocycles. The van der Waals surface area contributed by atoms with Crippen molar-refractivity contribution in [2.24, 2.45) is 0 Å². The third-order valence-electron chi connectivity index (χ3n) is 3.12. The van der Waals surface area contributed by atoms with Crippen molar-refractivity contribution in [3.63, 3.8) is 0 Å². The first-order valence-electron chi connectivity index (χ1n) is 5.86. The molecule has 1 N–H and O–H groups in total. The van der Waals surface area contributed by atoms with Gasteiger partial charge in [-0.2, -0.15) is 0 Å². The van der Waals surface area contributed by atoms with E-state index in [2.05, 4.69) is 5.32 Å². The van der Waals surface area contributed by atoms with Gasteiger partial charge in [-0.3, -0.25) is 4.79 Å². The van der Waals surface area contributed by atoms with Gasteiger partial charge in [0.25, 0.3) is 0 Å². The molecule has 116 valence electrons. The van der Waals surface area contributed by atoms with Crippen LogP contribution >= 0.6 is 12.4 Å². The van der Waals surface area contributed by atoms with Gasteiger partial charge >= 0.3 is 0 Å². The summed E-state index contributed by atoms with van der Waals surface area (Å²) in [5.74, 6) is -0.130. The Morgan fingerprint density at radius 1 is 1.37 bits per heavy atom. The molecule has 0 saturated carbocycles. The standard InChI is InChI=1S/C11H24N2O4S.ClH/c1-9(10(2)18(5,15)16)13(3)11(14)8-12-6-7-17-4;/h9-10,12H,6-8H2,1-5H3;1H. The lowest BCUT2D eigenvalue weighted by Gasteiger charge is -2.29. The van der Waals surface area contributed by atoms with E-state index in [4.69, 9.17) is 4.74 Å². The fraction of sp³-hybridized carbons (Fsp3) is 0.909. The fourth-order valence-electron chi connectivity index (χ4n) is 1.39. The largest absolute Gasteiger partial charge is 0.383 e. The molecule has 0 fully saturated rings. The van der Waals surface area contributed by atoms with E-state index < -0.39 is 15.1 Å². The van der Waals surface area contributed by atoms with E-state index in [1.807, 2.05) is 0 Å². The highest BCUT2D eigenvalue weighted by Gasteiger charge is 2.27. The van der Waals surface area contributed by atoms with E-state index in [1.54, 1.807) is 28.0 Å². The lowest BCUT2D eigenvalue weighted by molar-refractivity contribution is -0.130. The van der Waals surface area contributed by atoms with Crippen molar-refractivity contribution >= 4 is 28.2 Å². The van der Waals surface area contributed by atoms with E-state index in [0.717, 1.165) is 0 Å². The summed E-state index contributed by atoms with van der Waals surface area (Å²) in [5, 5.41) is 2.36. The van der Waals surface area contributed by atoms with Crippen molar-refractivity contribution in [3.8, 4) is 0 Å². The lowest BCUT2D eigenvalue weighted by Crippen LogP contribution is -2.47. The smallest absolute Gasteiger partial charge is 0.236 e. The fourth-order valence-corrected chi connectivity index (χ4v) is 2.29. The summed E-state index contributed by atoms with van der Waals surface area (Å²) in [4.78, 5) is 13.3. The molecule has 0 spiro atoms. The summed E-state index contributed by atoms with van der Waals surface area (Å²) in [5.41, 5.74) is 0. The van der Waals surface area contributed by atoms with Crippen LogP contribution in [0.5, 0.6) is 0 Å². The maximum Gasteiger partial charge on any atom is 0.236 e. The van der Waals surface area contributed by atoms with Crippen molar-refractivity contribution in [1.82, 2.24) is 10.2 Å². The minimum Gasteiger partial charge on any atom is -0.383 e. The molecule has 19 heavy (non-hydrogen) atoms. The van der Waals surface area contributed by atoms with Gasteiger partial charge in [-0.15, -0.1) is 12.4 Å². The molecule has 0 aliphatic carbocycles. The first-order chi connectivity index (χ1) is 8.21. The minimum atomic E-state index is -3.14. The number of likely N-dealkylation sites (N-methyl/N-ethyl adjacent to an activating group) is 1. The number of nitrogens with one attached hydrogen (secondary N) is 1. The van der Waals surface area contributed by atoms with E-state index >= 15 is 0 Å². The zero-order valence-electron chi connectivity index (χ0n) is 12.2. The minimum absolute atomic E-state index is 0. The van der Waals surface area contributed by atoms with Crippen LogP contribution in [0.1, 0.15) is 13.8 Å². The van der Waals surface area contributed by atoms with Gasteiger partial charge in [0.05, 0.1) is 18.4 Å². The van der Waals surface area contributed by atoms with Crippen LogP contribution in [0.4, 0.5) is 0 Å². The van der Waals surface area contributed by atoms with E-state index in [0.29, 0.717) is 13.2 Å². The first-order valence-corrected chi connectivity index (χ1v) is 7.81. The number of nitrogens with zero attached hydrogens (tertiary/aromatic N) is 1. The quantitative estimate of drug-likeness (QED) is 0.634. The van der Waals surface area contributed by atoms with Crippen molar-refractivity contribution < 1.29 is 17.9 Å². The van der Waals surface area contributed by atoms with E-state index in [9.17, 15) is 13.2 Å². The molecule has 1 amide bonds. The molecule has 6 nitrogen and oxygen atoms in total. The van der Waals surface area contributed by atoms with Crippen LogP contribution in [0, 0.1) is 0 Å². The molecular formula is C11H25ClN2O4S. The topological polar surface area (TPSA) is 75.7 Å². The van der Waals surface area contributed by atoms with Crippen molar-refractivity contribution in [2.45, 2.75) is 25.1 Å². The highest BCUT2D eigenvalue weighted by molar-refractivity contribution is 7.91. The molecule has 0 aromatic rings. The van der Waals surface area contributed by atoms with E-state index in [1.165, 1.54) is 11.2 Å². The second-order valence-electron chi connectivity index (χ2n) is 4.45. The Hall–Kier alpha value is -0.370. The highest BCUT2D eigenvalue weighted by Crippen LogP contribution is 2.09. The van der Waals surface area contributed by atoms with Gasteiger partial charge in [0.1, 0.15) is 0 Å². The van der Waals surface area contributed by atoms with Crippen LogP contribution in [0.15, 0.2) is 0 Å². The molecule has 0 bridgehead atoms. The molecule has 0 rings (SSSR count). The predicted octanol–water partition coefficient (Wildman–Crippen LogP) is -0.0758. The maximum absolute atomic E-state index is 11.8. The summed E-state index contributed by atoms with van der Waals surface area (Å²) in [6.07, 6.45) is 1.18. The number of amides is 1. The van der Waals surface area contributed by atoms with Gasteiger partial charge in [-0.1, -0.05) is 0 Å². The van der Waals surface area contributed by atoms with Gasteiger partial charge in [0, 0.05) is 33.0 Å². The summed E-state index contributed by atoms with van der Waals surface area (Å²) < 4.78 is 27.7. The molecule has 0 heterocycles. The molecule has 0 aliphatic heterocycles. The number of hydrogen-bond donors (Lipinski definition) is 1. The van der Waals surface area contributed by atoms with Gasteiger partial charge in [-0.05, 0) is 13.8 Å². The normalized spacial score (nSPS) is 14.4. The van der Waals surface area contributed by atoms with Gasteiger partial charge in [-0.25, -0.2) is 8.42 Å². The van der Waals surface area contributed by atoms with Crippen LogP contribution in [-0.2, 0) is 19.4 Å². The maximum atomic E-state index is 11.8. The van der Waals surface area contributed by atoms with Gasteiger partial charge in [0.15, 0.2) is 9.84 Å². The number of ether oxygens (including phenoxy) is 1. The third-order valence-corrected chi connectivity index (χ3v) is 4.86. The number of hydrogen-bond acceptors (Lipinski definition) is 5. The zero-order chi connectivity index (χ0) is 14.3. The Labute approximate surface area is 122 Å². The summed E-state index contributed by atoms with van der Waals surface area (Å²) >= 11 is 0. The summed E-state index contributed by atoms with van der Waals surface area (Å²) in [6.45, 7) is 4.65. The number of halogens is 1. The Balaban J connectivity index is 0. The molecule has 0 aromatic heterocycles. The van der Waals surface area contributed by atoms with Crippen molar-refractivity contribution in [3.05, 3.63) is 0 Å². The van der Waals surface area contributed by atoms with Crippen molar-refractivity contribution in [2.75, 3.05) is 40.1 Å². The molecule has 0 radical (unpaired) electrons. The number of methoxy groups -OCH3 is 1. The molecule has 2 unspecified atom stereocenters. The Kier molecular flexibility index (Phi) is 10.5. The van der Waals surface area contributed by atoms with Crippen LogP contribution in [0.2, 0.25) is 0 Å². The zero-order valence-corrected chi connectivity index (χ0v) is 13.8. The Morgan fingerprint density at radius 2 is 1.89 bits per heavy atom. The second kappa shape index (κ2) is 9.52. The molecule has 0 aliphatic rings. The third kappa shape index (κ3) is 7.71. The number of carbonyl (C=O) groups excluding carboxylic acids is 1. The number of sulfone groups is 1. The monoisotopic (exact) mass is 316 g/mol. The number of carbonyl (C=O) groups is 1. The van der Waals surface area contributed by atoms with Crippen LogP contribution < -0.4 is 5.32 Å². The average Bonchev–Trinajstić information content (AvgIpc) is 2.30. The summed E-state index contributed by atoms with van der Waals surface area (Å²) in [7, 11) is 0.0625. The molecular weight excluding hydrogens is 292 g/mol. The van der Waals surface area contributed by atoms with Crippen molar-refractivity contribution in [1.29, 1.82) is 0 Å². The molecule has 2 atom stereocenters. The summed E-state index contributed by atoms with van der Waals surface area (Å²) in [6, 6.07) is -0.350. The predicted molar refractivity (Wildman–Crippen MR) is 78.5 cm³/mol. The lowest BCUT2D eigenvalue weighted by atomic mass is 10.2. The average molecular weight is 317 g/mol. The highest BCUT2D eigenvalue weighted by atomic mass is 35.5. The van der Waals surface area contributed by atoms with Crippen LogP contribution in [0.3, 0.4) is 0 Å². The van der Waals surface area contributed by atoms with Gasteiger partial charge < -0.3 is 15.0 Å². The van der Waals surface area contributed by atoms with E-state index in [-0.39, 0.29) is 30.9 Å². The van der Waals surface area contributed by atoms with Gasteiger partial charge in [0.2, 0.25) is 5.91 Å². The molecule has 8 heteroatoms. The molecule has 0 saturated heterocycles. The first kappa shape index (κ1) is 20.9. The Morgan fingerprint density at radius 3 is 2.32 bits per heavy atom. The van der Waals surface area contributed by atoms with Crippen LogP contribution in [-0.4, -0.2) is 70.6 Å². The van der Waals surface area contributed by atoms with Crippen LogP contribution in [0.25, 0.3) is 0 Å². The number of rotatable bonds is 8.